The number of carbonyl (C=O) groups excluding carboxylic acids is 1. The molecule has 1 heterocycles. The summed E-state index contributed by atoms with van der Waals surface area (Å²) in [5, 5.41) is 12.7. The van der Waals surface area contributed by atoms with Gasteiger partial charge in [-0.25, -0.2) is 0 Å². The molecule has 0 aliphatic rings. The summed E-state index contributed by atoms with van der Waals surface area (Å²) in [6.07, 6.45) is 0. The van der Waals surface area contributed by atoms with E-state index in [-0.39, 0.29) is 11.5 Å². The van der Waals surface area contributed by atoms with Crippen LogP contribution in [0.3, 0.4) is 0 Å². The molecule has 0 fully saturated rings. The largest absolute Gasteiger partial charge is 0.396 e. The van der Waals surface area contributed by atoms with Crippen LogP contribution in [0.5, 0.6) is 0 Å². The fourth-order valence-corrected chi connectivity index (χ4v) is 2.31. The van der Waals surface area contributed by atoms with Gasteiger partial charge in [0.2, 0.25) is 0 Å². The first kappa shape index (κ1) is 13.5. The van der Waals surface area contributed by atoms with E-state index in [1.807, 2.05) is 13.0 Å². The number of nitrogens with two attached hydrogens (primary N) is 1. The fraction of sp³-hybridized carbons (Fsp3) is 0.455. The van der Waals surface area contributed by atoms with E-state index in [9.17, 15) is 4.79 Å². The summed E-state index contributed by atoms with van der Waals surface area (Å²) >= 11 is 1.21. The minimum atomic E-state index is -0.123. The molecule has 0 bridgehead atoms. The van der Waals surface area contributed by atoms with E-state index >= 15 is 0 Å². The number of rotatable bonds is 6. The molecule has 5 nitrogen and oxygen atoms in total. The van der Waals surface area contributed by atoms with Crippen molar-refractivity contribution in [3.63, 3.8) is 0 Å². The Hall–Kier alpha value is -1.58. The first-order valence-corrected chi connectivity index (χ1v) is 6.08. The zero-order chi connectivity index (χ0) is 12.8. The van der Waals surface area contributed by atoms with Crippen LogP contribution in [-0.2, 0) is 4.74 Å². The lowest BCUT2D eigenvalue weighted by molar-refractivity contribution is 0.102. The van der Waals surface area contributed by atoms with Crippen molar-refractivity contribution in [3.05, 3.63) is 10.4 Å². The van der Waals surface area contributed by atoms with Gasteiger partial charge in [-0.1, -0.05) is 0 Å². The van der Waals surface area contributed by atoms with Crippen molar-refractivity contribution in [1.29, 1.82) is 5.26 Å². The second-order valence-corrected chi connectivity index (χ2v) is 4.36. The maximum absolute atomic E-state index is 11.3. The van der Waals surface area contributed by atoms with Gasteiger partial charge in [0.1, 0.15) is 16.6 Å². The summed E-state index contributed by atoms with van der Waals surface area (Å²) in [7, 11) is 0. The predicted octanol–water partition coefficient (Wildman–Crippen LogP) is 1.85. The Morgan fingerprint density at radius 3 is 2.88 bits per heavy atom. The average molecular weight is 253 g/mol. The molecule has 0 aliphatic carbocycles. The summed E-state index contributed by atoms with van der Waals surface area (Å²) in [6, 6.07) is 2.01. The van der Waals surface area contributed by atoms with Crippen molar-refractivity contribution in [1.82, 2.24) is 0 Å². The molecule has 0 saturated carbocycles. The second-order valence-electron chi connectivity index (χ2n) is 3.34. The van der Waals surface area contributed by atoms with Gasteiger partial charge in [-0.15, -0.1) is 11.3 Å². The Bertz CT molecular complexity index is 448. The summed E-state index contributed by atoms with van der Waals surface area (Å²) < 4.78 is 5.17. The molecule has 17 heavy (non-hydrogen) atoms. The van der Waals surface area contributed by atoms with Crippen LogP contribution in [0.4, 0.5) is 10.7 Å². The van der Waals surface area contributed by atoms with Gasteiger partial charge < -0.3 is 15.8 Å². The van der Waals surface area contributed by atoms with Crippen molar-refractivity contribution < 1.29 is 9.53 Å². The van der Waals surface area contributed by atoms with Crippen LogP contribution in [0, 0.1) is 11.3 Å². The van der Waals surface area contributed by atoms with E-state index in [2.05, 4.69) is 5.32 Å². The number of nitriles is 1. The molecule has 0 radical (unpaired) electrons. The zero-order valence-electron chi connectivity index (χ0n) is 9.87. The Labute approximate surface area is 104 Å². The average Bonchev–Trinajstić information content (AvgIpc) is 2.61. The molecule has 3 N–H and O–H groups in total. The molecule has 1 aromatic rings. The van der Waals surface area contributed by atoms with Gasteiger partial charge in [0.25, 0.3) is 0 Å². The molecule has 0 saturated heterocycles. The van der Waals surface area contributed by atoms with E-state index in [1.165, 1.54) is 18.3 Å². The number of nitrogens with zero attached hydrogens (tertiary/aromatic N) is 1. The lowest BCUT2D eigenvalue weighted by Gasteiger charge is -2.03. The van der Waals surface area contributed by atoms with E-state index in [0.717, 1.165) is 0 Å². The highest BCUT2D eigenvalue weighted by atomic mass is 32.1. The lowest BCUT2D eigenvalue weighted by atomic mass is 10.2. The van der Waals surface area contributed by atoms with Crippen LogP contribution in [0.1, 0.15) is 29.1 Å². The number of ketones is 1. The molecule has 0 aliphatic heterocycles. The number of hydrogen-bond donors (Lipinski definition) is 2. The van der Waals surface area contributed by atoms with Crippen LogP contribution >= 0.6 is 11.3 Å². The topological polar surface area (TPSA) is 88.1 Å². The van der Waals surface area contributed by atoms with E-state index in [0.29, 0.717) is 35.2 Å². The van der Waals surface area contributed by atoms with Gasteiger partial charge in [-0.3, -0.25) is 4.79 Å². The molecule has 1 aromatic heterocycles. The number of hydrogen-bond acceptors (Lipinski definition) is 6. The van der Waals surface area contributed by atoms with Crippen molar-refractivity contribution in [2.45, 2.75) is 13.8 Å². The highest BCUT2D eigenvalue weighted by Gasteiger charge is 2.18. The third kappa shape index (κ3) is 3.19. The van der Waals surface area contributed by atoms with Gasteiger partial charge in [-0.05, 0) is 6.92 Å². The first-order valence-electron chi connectivity index (χ1n) is 5.26. The van der Waals surface area contributed by atoms with Crippen molar-refractivity contribution in [2.75, 3.05) is 30.8 Å². The second kappa shape index (κ2) is 6.23. The predicted molar refractivity (Wildman–Crippen MR) is 68.4 cm³/mol. The van der Waals surface area contributed by atoms with Crippen molar-refractivity contribution in [3.8, 4) is 6.07 Å². The third-order valence-corrected chi connectivity index (χ3v) is 3.38. The highest BCUT2D eigenvalue weighted by Crippen LogP contribution is 2.35. The van der Waals surface area contributed by atoms with Crippen LogP contribution in [0.2, 0.25) is 0 Å². The van der Waals surface area contributed by atoms with Gasteiger partial charge in [0.05, 0.1) is 17.2 Å². The molecule has 0 amide bonds. The number of nitrogen functional groups attached to an aromatic ring is 1. The maximum atomic E-state index is 11.3. The van der Waals surface area contributed by atoms with Crippen LogP contribution < -0.4 is 11.1 Å². The third-order valence-electron chi connectivity index (χ3n) is 2.11. The minimum Gasteiger partial charge on any atom is -0.396 e. The Morgan fingerprint density at radius 2 is 2.35 bits per heavy atom. The molecule has 0 spiro atoms. The number of nitrogens with one attached hydrogen (secondary N) is 1. The monoisotopic (exact) mass is 253 g/mol. The molecule has 92 valence electrons. The Kier molecular flexibility index (Phi) is 4.94. The normalized spacial score (nSPS) is 9.94. The Morgan fingerprint density at radius 1 is 1.65 bits per heavy atom. The number of carbonyl (C=O) groups is 1. The smallest absolute Gasteiger partial charge is 0.171 e. The highest BCUT2D eigenvalue weighted by molar-refractivity contribution is 7.18. The van der Waals surface area contributed by atoms with Crippen LogP contribution in [0.25, 0.3) is 0 Å². The summed E-state index contributed by atoms with van der Waals surface area (Å²) in [5.74, 6) is -0.123. The Balaban J connectivity index is 2.81. The molecular weight excluding hydrogens is 238 g/mol. The molecule has 1 rings (SSSR count). The number of thiophene rings is 1. The first-order chi connectivity index (χ1) is 8.11. The quantitative estimate of drug-likeness (QED) is 0.596. The van der Waals surface area contributed by atoms with Crippen molar-refractivity contribution in [2.24, 2.45) is 0 Å². The molecule has 0 aromatic carbocycles. The SMILES string of the molecule is CCOCCNc1sc(C(C)=O)c(N)c1C#N. The maximum Gasteiger partial charge on any atom is 0.171 e. The van der Waals surface area contributed by atoms with Gasteiger partial charge in [-0.2, -0.15) is 5.26 Å². The molecule has 6 heteroatoms. The number of ether oxygens (including phenoxy) is 1. The van der Waals surface area contributed by atoms with Crippen LogP contribution in [-0.4, -0.2) is 25.5 Å². The van der Waals surface area contributed by atoms with E-state index in [4.69, 9.17) is 15.7 Å². The molecular formula is C11H15N3O2S. The van der Waals surface area contributed by atoms with Gasteiger partial charge in [0, 0.05) is 20.1 Å². The minimum absolute atomic E-state index is 0.123. The van der Waals surface area contributed by atoms with Gasteiger partial charge >= 0.3 is 0 Å². The molecule has 0 atom stereocenters. The fourth-order valence-electron chi connectivity index (χ4n) is 1.32. The summed E-state index contributed by atoms with van der Waals surface area (Å²) in [5.41, 5.74) is 6.35. The summed E-state index contributed by atoms with van der Waals surface area (Å²) in [6.45, 7) is 5.14. The number of anilines is 2. The van der Waals surface area contributed by atoms with E-state index < -0.39 is 0 Å². The summed E-state index contributed by atoms with van der Waals surface area (Å²) in [4.78, 5) is 11.7. The lowest BCUT2D eigenvalue weighted by Crippen LogP contribution is -2.09. The standard InChI is InChI=1S/C11H15N3O2S/c1-3-16-5-4-14-11-8(6-12)9(13)10(17-11)7(2)15/h14H,3-5,13H2,1-2H3. The number of Topliss-reactive ketones (excluding diaryl/α,β-unsaturated/α-hetero) is 1. The zero-order valence-corrected chi connectivity index (χ0v) is 10.7. The van der Waals surface area contributed by atoms with Crippen LogP contribution in [0.15, 0.2) is 0 Å². The molecule has 0 unspecified atom stereocenters. The van der Waals surface area contributed by atoms with Crippen molar-refractivity contribution >= 4 is 27.8 Å². The van der Waals surface area contributed by atoms with E-state index in [1.54, 1.807) is 0 Å². The van der Waals surface area contributed by atoms with Gasteiger partial charge in [0.15, 0.2) is 5.78 Å².